The van der Waals surface area contributed by atoms with Crippen LogP contribution < -0.4 is 5.73 Å². The maximum absolute atomic E-state index is 11.9. The summed E-state index contributed by atoms with van der Waals surface area (Å²) in [6.07, 6.45) is 5.16. The van der Waals surface area contributed by atoms with Gasteiger partial charge in [0, 0.05) is 24.4 Å². The quantitative estimate of drug-likeness (QED) is 0.834. The molecule has 4 rings (SSSR count). The van der Waals surface area contributed by atoms with Crippen molar-refractivity contribution in [3.63, 3.8) is 0 Å². The topological polar surface area (TPSA) is 85.7 Å². The minimum Gasteiger partial charge on any atom is -0.447 e. The minimum atomic E-state index is -0.247. The Morgan fingerprint density at radius 2 is 2.36 bits per heavy atom. The first-order chi connectivity index (χ1) is 10.5. The van der Waals surface area contributed by atoms with Crippen LogP contribution in [0.2, 0.25) is 0 Å². The molecule has 4 heterocycles. The molecule has 2 atom stereocenters. The van der Waals surface area contributed by atoms with Crippen LogP contribution in [0.4, 0.5) is 10.6 Å². The highest BCUT2D eigenvalue weighted by molar-refractivity contribution is 9.10. The Hall–Kier alpha value is -1.83. The summed E-state index contributed by atoms with van der Waals surface area (Å²) in [4.78, 5) is 22.5. The van der Waals surface area contributed by atoms with E-state index in [4.69, 9.17) is 10.5 Å². The number of aromatic nitrogens is 3. The van der Waals surface area contributed by atoms with Gasteiger partial charge in [0.25, 0.3) is 0 Å². The van der Waals surface area contributed by atoms with Crippen LogP contribution in [0, 0.1) is 0 Å². The largest absolute Gasteiger partial charge is 0.447 e. The van der Waals surface area contributed by atoms with Gasteiger partial charge in [-0.2, -0.15) is 0 Å². The van der Waals surface area contributed by atoms with Crippen LogP contribution in [0.25, 0.3) is 5.52 Å². The van der Waals surface area contributed by atoms with Crippen molar-refractivity contribution in [2.24, 2.45) is 0 Å². The van der Waals surface area contributed by atoms with Crippen LogP contribution in [-0.2, 0) is 10.2 Å². The molecule has 8 heteroatoms. The Bertz CT molecular complexity index is 776. The van der Waals surface area contributed by atoms with Gasteiger partial charge in [0.15, 0.2) is 5.82 Å². The molecule has 2 aromatic rings. The number of nitrogen functional groups attached to an aromatic ring is 1. The predicted octanol–water partition coefficient (Wildman–Crippen LogP) is 1.95. The van der Waals surface area contributed by atoms with E-state index in [9.17, 15) is 4.79 Å². The van der Waals surface area contributed by atoms with Crippen LogP contribution in [0.3, 0.4) is 0 Å². The zero-order valence-corrected chi connectivity index (χ0v) is 13.7. The van der Waals surface area contributed by atoms with Crippen molar-refractivity contribution in [1.29, 1.82) is 0 Å². The molecule has 2 aliphatic heterocycles. The number of carbonyl (C=O) groups excluding carboxylic acids is 1. The summed E-state index contributed by atoms with van der Waals surface area (Å²) in [5, 5.41) is 0. The van der Waals surface area contributed by atoms with Gasteiger partial charge in [-0.1, -0.05) is 6.92 Å². The summed E-state index contributed by atoms with van der Waals surface area (Å²) in [6.45, 7) is 3.23. The number of hydrogen-bond donors (Lipinski definition) is 1. The molecule has 0 aromatic carbocycles. The molecule has 2 aromatic heterocycles. The van der Waals surface area contributed by atoms with Crippen molar-refractivity contribution in [2.45, 2.75) is 31.2 Å². The third kappa shape index (κ3) is 1.83. The fourth-order valence-corrected chi connectivity index (χ4v) is 4.05. The van der Waals surface area contributed by atoms with Crippen LogP contribution in [0.5, 0.6) is 0 Å². The first kappa shape index (κ1) is 13.8. The molecule has 2 saturated heterocycles. The fraction of sp³-hybridized carbons (Fsp3) is 0.500. The highest BCUT2D eigenvalue weighted by Gasteiger charge is 2.46. The molecule has 2 N–H and O–H groups in total. The van der Waals surface area contributed by atoms with E-state index in [1.54, 1.807) is 6.20 Å². The van der Waals surface area contributed by atoms with E-state index in [0.29, 0.717) is 23.6 Å². The smallest absolute Gasteiger partial charge is 0.410 e. The van der Waals surface area contributed by atoms with Crippen molar-refractivity contribution < 1.29 is 9.53 Å². The lowest BCUT2D eigenvalue weighted by atomic mass is 9.79. The number of anilines is 1. The van der Waals surface area contributed by atoms with E-state index >= 15 is 0 Å². The van der Waals surface area contributed by atoms with E-state index in [1.165, 1.54) is 0 Å². The van der Waals surface area contributed by atoms with Crippen LogP contribution in [0.15, 0.2) is 17.0 Å². The van der Waals surface area contributed by atoms with Gasteiger partial charge in [-0.15, -0.1) is 0 Å². The molecule has 1 amide bonds. The maximum Gasteiger partial charge on any atom is 0.410 e. The van der Waals surface area contributed by atoms with Crippen molar-refractivity contribution in [2.75, 3.05) is 18.9 Å². The van der Waals surface area contributed by atoms with Crippen LogP contribution >= 0.6 is 15.9 Å². The monoisotopic (exact) mass is 365 g/mol. The van der Waals surface area contributed by atoms with Crippen molar-refractivity contribution in [3.8, 4) is 0 Å². The summed E-state index contributed by atoms with van der Waals surface area (Å²) in [5.41, 5.74) is 6.49. The molecule has 7 nitrogen and oxygen atoms in total. The first-order valence-corrected chi connectivity index (χ1v) is 8.01. The molecule has 2 fully saturated rings. The normalized spacial score (nSPS) is 28.0. The second kappa shape index (κ2) is 4.58. The molecular weight excluding hydrogens is 350 g/mol. The molecular formula is C14H16BrN5O2. The zero-order chi connectivity index (χ0) is 15.5. The van der Waals surface area contributed by atoms with E-state index in [0.717, 1.165) is 24.2 Å². The number of nitrogens with zero attached hydrogens (tertiary/aromatic N) is 4. The summed E-state index contributed by atoms with van der Waals surface area (Å²) in [5.74, 6) is 1.33. The molecule has 2 aliphatic rings. The van der Waals surface area contributed by atoms with E-state index in [-0.39, 0.29) is 17.6 Å². The molecule has 0 spiro atoms. The van der Waals surface area contributed by atoms with E-state index in [1.807, 2.05) is 15.5 Å². The number of cyclic esters (lactones) is 1. The van der Waals surface area contributed by atoms with Gasteiger partial charge >= 0.3 is 6.09 Å². The van der Waals surface area contributed by atoms with Gasteiger partial charge in [-0.05, 0) is 28.8 Å². The zero-order valence-electron chi connectivity index (χ0n) is 12.1. The van der Waals surface area contributed by atoms with E-state index < -0.39 is 0 Å². The molecule has 116 valence electrons. The number of piperidine rings is 1. The van der Waals surface area contributed by atoms with Crippen LogP contribution in [-0.4, -0.2) is 44.6 Å². The molecule has 0 aliphatic carbocycles. The minimum absolute atomic E-state index is 0.196. The Balaban J connectivity index is 1.81. The summed E-state index contributed by atoms with van der Waals surface area (Å²) < 4.78 is 7.81. The standard InChI is InChI=1S/C14H16BrN5O2/c1-14(3-2-8-6-22-13(21)20(8)7-14)12-18-10(15)9-11(16)17-4-5-19(9)12/h4-5,8H,2-3,6-7H2,1H3,(H2,16,17)/t8-,14+/m1/s1. The number of hydrogen-bond acceptors (Lipinski definition) is 5. The first-order valence-electron chi connectivity index (χ1n) is 7.21. The SMILES string of the molecule is C[C@]1(c2nc(Br)c3c(N)nccn23)CC[C@@H]2COC(=O)N2C1. The summed E-state index contributed by atoms with van der Waals surface area (Å²) in [7, 11) is 0. The summed E-state index contributed by atoms with van der Waals surface area (Å²) in [6, 6.07) is 0.196. The molecule has 0 unspecified atom stereocenters. The van der Waals surface area contributed by atoms with Crippen molar-refractivity contribution in [1.82, 2.24) is 19.3 Å². The second-order valence-corrected chi connectivity index (χ2v) is 6.97. The predicted molar refractivity (Wildman–Crippen MR) is 83.5 cm³/mol. The lowest BCUT2D eigenvalue weighted by Crippen LogP contribution is -2.49. The van der Waals surface area contributed by atoms with Gasteiger partial charge in [0.1, 0.15) is 22.6 Å². The van der Waals surface area contributed by atoms with Gasteiger partial charge in [0.05, 0.1) is 6.04 Å². The number of ether oxygens (including phenoxy) is 1. The third-order valence-electron chi connectivity index (χ3n) is 4.70. The number of imidazole rings is 1. The Morgan fingerprint density at radius 3 is 3.18 bits per heavy atom. The van der Waals surface area contributed by atoms with Crippen molar-refractivity contribution in [3.05, 3.63) is 22.8 Å². The highest BCUT2D eigenvalue weighted by Crippen LogP contribution is 2.39. The number of nitrogens with two attached hydrogens (primary N) is 1. The summed E-state index contributed by atoms with van der Waals surface area (Å²) >= 11 is 3.47. The van der Waals surface area contributed by atoms with Crippen LogP contribution in [0.1, 0.15) is 25.6 Å². The van der Waals surface area contributed by atoms with Gasteiger partial charge in [0.2, 0.25) is 0 Å². The number of halogens is 1. The lowest BCUT2D eigenvalue weighted by Gasteiger charge is -2.39. The Labute approximate surface area is 135 Å². The number of carbonyl (C=O) groups is 1. The molecule has 0 radical (unpaired) electrons. The second-order valence-electron chi connectivity index (χ2n) is 6.22. The Kier molecular flexibility index (Phi) is 2.87. The number of amides is 1. The van der Waals surface area contributed by atoms with Crippen molar-refractivity contribution >= 4 is 33.4 Å². The average molecular weight is 366 g/mol. The van der Waals surface area contributed by atoms with Gasteiger partial charge < -0.3 is 15.4 Å². The number of fused-ring (bicyclic) bond motifs is 2. The average Bonchev–Trinajstić information content (AvgIpc) is 3.02. The number of rotatable bonds is 1. The van der Waals surface area contributed by atoms with E-state index in [2.05, 4.69) is 32.8 Å². The lowest BCUT2D eigenvalue weighted by molar-refractivity contribution is 0.131. The third-order valence-corrected chi connectivity index (χ3v) is 5.26. The fourth-order valence-electron chi connectivity index (χ4n) is 3.49. The molecule has 0 bridgehead atoms. The van der Waals surface area contributed by atoms with Gasteiger partial charge in [-0.25, -0.2) is 14.8 Å². The van der Waals surface area contributed by atoms with Gasteiger partial charge in [-0.3, -0.25) is 4.40 Å². The maximum atomic E-state index is 11.9. The molecule has 22 heavy (non-hydrogen) atoms. The highest BCUT2D eigenvalue weighted by atomic mass is 79.9. The molecule has 0 saturated carbocycles. The Morgan fingerprint density at radius 1 is 1.55 bits per heavy atom.